The molecule has 3 aromatic carbocycles. The van der Waals surface area contributed by atoms with E-state index in [-0.39, 0.29) is 10.8 Å². The van der Waals surface area contributed by atoms with Gasteiger partial charge in [-0.05, 0) is 54.4 Å². The highest BCUT2D eigenvalue weighted by Gasteiger charge is 2.16. The molecule has 0 fully saturated rings. The van der Waals surface area contributed by atoms with Crippen molar-refractivity contribution < 1.29 is 13.2 Å². The highest BCUT2D eigenvalue weighted by molar-refractivity contribution is 7.92. The molecule has 0 radical (unpaired) electrons. The van der Waals surface area contributed by atoms with Crippen LogP contribution in [0.25, 0.3) is 5.69 Å². The Balaban J connectivity index is 1.44. The van der Waals surface area contributed by atoms with Gasteiger partial charge in [0.25, 0.3) is 15.9 Å². The molecule has 0 bridgehead atoms. The van der Waals surface area contributed by atoms with Gasteiger partial charge in [-0.1, -0.05) is 36.4 Å². The first-order valence-corrected chi connectivity index (χ1v) is 11.4. The molecule has 0 spiro atoms. The Labute approximate surface area is 186 Å². The minimum atomic E-state index is -3.74. The van der Waals surface area contributed by atoms with Crippen LogP contribution in [0.1, 0.15) is 21.5 Å². The van der Waals surface area contributed by atoms with E-state index in [4.69, 9.17) is 0 Å². The largest absolute Gasteiger partial charge is 0.348 e. The Morgan fingerprint density at radius 1 is 1.00 bits per heavy atom. The molecule has 8 heteroatoms. The van der Waals surface area contributed by atoms with Crippen molar-refractivity contribution in [3.63, 3.8) is 0 Å². The van der Waals surface area contributed by atoms with E-state index >= 15 is 0 Å². The maximum atomic E-state index is 12.7. The molecule has 1 aromatic heterocycles. The van der Waals surface area contributed by atoms with Gasteiger partial charge < -0.3 is 9.88 Å². The van der Waals surface area contributed by atoms with Gasteiger partial charge in [-0.25, -0.2) is 13.4 Å². The van der Waals surface area contributed by atoms with Crippen molar-refractivity contribution in [2.45, 2.75) is 18.4 Å². The monoisotopic (exact) mass is 446 g/mol. The SMILES string of the molecule is Cc1ccc(C(=O)NCc2ccc(-n3ccnc3)cc2)cc1NS(=O)(=O)c1ccccc1. The van der Waals surface area contributed by atoms with Gasteiger partial charge in [-0.3, -0.25) is 9.52 Å². The summed E-state index contributed by atoms with van der Waals surface area (Å²) in [4.78, 5) is 16.9. The number of nitrogens with one attached hydrogen (secondary N) is 2. The van der Waals surface area contributed by atoms with Gasteiger partial charge in [0, 0.05) is 30.2 Å². The van der Waals surface area contributed by atoms with Crippen LogP contribution in [0.15, 0.2) is 96.4 Å². The van der Waals surface area contributed by atoms with Crippen molar-refractivity contribution in [3.05, 3.63) is 108 Å². The zero-order chi connectivity index (χ0) is 22.6. The standard InChI is InChI=1S/C24H22N4O3S/c1-18-7-10-20(15-23(18)27-32(30,31)22-5-3-2-4-6-22)24(29)26-16-19-8-11-21(12-9-19)28-14-13-25-17-28/h2-15,17,27H,16H2,1H3,(H,26,29). The lowest BCUT2D eigenvalue weighted by Gasteiger charge is -2.13. The Morgan fingerprint density at radius 2 is 1.75 bits per heavy atom. The number of carbonyl (C=O) groups excluding carboxylic acids is 1. The van der Waals surface area contributed by atoms with Crippen LogP contribution in [0, 0.1) is 6.92 Å². The van der Waals surface area contributed by atoms with E-state index in [1.165, 1.54) is 12.1 Å². The molecule has 4 rings (SSSR count). The molecule has 4 aromatic rings. The third-order valence-corrected chi connectivity index (χ3v) is 6.37. The van der Waals surface area contributed by atoms with Gasteiger partial charge in [0.15, 0.2) is 0 Å². The molecule has 32 heavy (non-hydrogen) atoms. The van der Waals surface area contributed by atoms with E-state index < -0.39 is 10.0 Å². The highest BCUT2D eigenvalue weighted by atomic mass is 32.2. The number of carbonyl (C=O) groups is 1. The molecule has 0 saturated heterocycles. The van der Waals surface area contributed by atoms with E-state index in [1.807, 2.05) is 35.0 Å². The number of imidazole rings is 1. The topological polar surface area (TPSA) is 93.1 Å². The van der Waals surface area contributed by atoms with E-state index in [0.29, 0.717) is 17.8 Å². The molecule has 0 atom stereocenters. The maximum Gasteiger partial charge on any atom is 0.261 e. The fraction of sp³-hybridized carbons (Fsp3) is 0.0833. The Hall–Kier alpha value is -3.91. The predicted molar refractivity (Wildman–Crippen MR) is 123 cm³/mol. The molecule has 0 aliphatic heterocycles. The molecular formula is C24H22N4O3S. The van der Waals surface area contributed by atoms with Crippen molar-refractivity contribution in [1.29, 1.82) is 0 Å². The van der Waals surface area contributed by atoms with Gasteiger partial charge in [0.1, 0.15) is 0 Å². The summed E-state index contributed by atoms with van der Waals surface area (Å²) in [5, 5.41) is 2.88. The quantitative estimate of drug-likeness (QED) is 0.450. The summed E-state index contributed by atoms with van der Waals surface area (Å²) in [5.41, 5.74) is 3.38. The molecule has 7 nitrogen and oxygen atoms in total. The van der Waals surface area contributed by atoms with Crippen LogP contribution < -0.4 is 10.0 Å². The fourth-order valence-corrected chi connectivity index (χ4v) is 4.30. The van der Waals surface area contributed by atoms with Gasteiger partial charge in [-0.2, -0.15) is 0 Å². The zero-order valence-corrected chi connectivity index (χ0v) is 18.2. The highest BCUT2D eigenvalue weighted by Crippen LogP contribution is 2.21. The van der Waals surface area contributed by atoms with Crippen LogP contribution in [0.2, 0.25) is 0 Å². The number of rotatable bonds is 7. The van der Waals surface area contributed by atoms with E-state index in [9.17, 15) is 13.2 Å². The molecule has 0 saturated carbocycles. The lowest BCUT2D eigenvalue weighted by molar-refractivity contribution is 0.0951. The third-order valence-electron chi connectivity index (χ3n) is 4.99. The number of sulfonamides is 1. The number of nitrogens with zero attached hydrogens (tertiary/aromatic N) is 2. The number of hydrogen-bond acceptors (Lipinski definition) is 4. The van der Waals surface area contributed by atoms with Crippen LogP contribution in [0.5, 0.6) is 0 Å². The summed E-state index contributed by atoms with van der Waals surface area (Å²) in [6, 6.07) is 20.8. The van der Waals surface area contributed by atoms with Crippen LogP contribution in [-0.4, -0.2) is 23.9 Å². The first-order chi connectivity index (χ1) is 15.4. The second-order valence-corrected chi connectivity index (χ2v) is 8.95. The van der Waals surface area contributed by atoms with Crippen molar-refractivity contribution in [2.24, 2.45) is 0 Å². The minimum absolute atomic E-state index is 0.161. The normalized spacial score (nSPS) is 11.2. The van der Waals surface area contributed by atoms with Gasteiger partial charge >= 0.3 is 0 Å². The van der Waals surface area contributed by atoms with E-state index in [1.54, 1.807) is 55.8 Å². The summed E-state index contributed by atoms with van der Waals surface area (Å²) in [7, 11) is -3.74. The molecular weight excluding hydrogens is 424 g/mol. The molecule has 0 unspecified atom stereocenters. The summed E-state index contributed by atoms with van der Waals surface area (Å²) >= 11 is 0. The van der Waals surface area contributed by atoms with Crippen molar-refractivity contribution >= 4 is 21.6 Å². The first-order valence-electron chi connectivity index (χ1n) is 9.96. The third kappa shape index (κ3) is 4.87. The van der Waals surface area contributed by atoms with Crippen molar-refractivity contribution in [3.8, 4) is 5.69 Å². The average Bonchev–Trinajstić information content (AvgIpc) is 3.35. The summed E-state index contributed by atoms with van der Waals surface area (Å²) in [6.07, 6.45) is 5.29. The second kappa shape index (κ2) is 9.07. The predicted octanol–water partition coefficient (Wildman–Crippen LogP) is 3.91. The van der Waals surface area contributed by atoms with Gasteiger partial charge in [-0.15, -0.1) is 0 Å². The fourth-order valence-electron chi connectivity index (χ4n) is 3.16. The Kier molecular flexibility index (Phi) is 6.04. The number of benzene rings is 3. The lowest BCUT2D eigenvalue weighted by Crippen LogP contribution is -2.23. The average molecular weight is 447 g/mol. The molecule has 1 amide bonds. The smallest absolute Gasteiger partial charge is 0.261 e. The zero-order valence-electron chi connectivity index (χ0n) is 17.4. The molecule has 2 N–H and O–H groups in total. The number of aromatic nitrogens is 2. The minimum Gasteiger partial charge on any atom is -0.348 e. The number of amides is 1. The summed E-state index contributed by atoms with van der Waals surface area (Å²) in [5.74, 6) is -0.288. The molecule has 0 aliphatic carbocycles. The van der Waals surface area contributed by atoms with Crippen LogP contribution in [-0.2, 0) is 16.6 Å². The van der Waals surface area contributed by atoms with Crippen molar-refractivity contribution in [1.82, 2.24) is 14.9 Å². The lowest BCUT2D eigenvalue weighted by atomic mass is 10.1. The summed E-state index contributed by atoms with van der Waals surface area (Å²) in [6.45, 7) is 2.13. The van der Waals surface area contributed by atoms with Crippen LogP contribution >= 0.6 is 0 Å². The summed E-state index contributed by atoms with van der Waals surface area (Å²) < 4.78 is 29.8. The van der Waals surface area contributed by atoms with Crippen LogP contribution in [0.4, 0.5) is 5.69 Å². The van der Waals surface area contributed by atoms with Crippen molar-refractivity contribution in [2.75, 3.05) is 4.72 Å². The number of anilines is 1. The van der Waals surface area contributed by atoms with Crippen LogP contribution in [0.3, 0.4) is 0 Å². The van der Waals surface area contributed by atoms with E-state index in [2.05, 4.69) is 15.0 Å². The molecule has 1 heterocycles. The Morgan fingerprint density at radius 3 is 2.44 bits per heavy atom. The first kappa shape index (κ1) is 21.3. The second-order valence-electron chi connectivity index (χ2n) is 7.27. The molecule has 162 valence electrons. The van der Waals surface area contributed by atoms with E-state index in [0.717, 1.165) is 16.8 Å². The maximum absolute atomic E-state index is 12.7. The van der Waals surface area contributed by atoms with Gasteiger partial charge in [0.05, 0.1) is 16.9 Å². The molecule has 0 aliphatic rings. The van der Waals surface area contributed by atoms with Gasteiger partial charge in [0.2, 0.25) is 0 Å². The Bertz CT molecular complexity index is 1320. The number of hydrogen-bond donors (Lipinski definition) is 2. The number of aryl methyl sites for hydroxylation is 1.